The zero-order valence-corrected chi connectivity index (χ0v) is 15.1. The molecule has 0 heterocycles. The average molecular weight is 433 g/mol. The molecule has 0 aliphatic heterocycles. The molecule has 0 radical (unpaired) electrons. The number of nitrogens with one attached hydrogen (secondary N) is 1. The molecule has 118 valence electrons. The van der Waals surface area contributed by atoms with Crippen LogP contribution in [0.1, 0.15) is 5.56 Å². The van der Waals surface area contributed by atoms with E-state index in [-0.39, 0.29) is 11.4 Å². The first-order chi connectivity index (χ1) is 10.4. The summed E-state index contributed by atoms with van der Waals surface area (Å²) >= 11 is 2.13. The summed E-state index contributed by atoms with van der Waals surface area (Å²) in [4.78, 5) is 0.239. The average Bonchev–Trinajstić information content (AvgIpc) is 2.53. The molecule has 5 nitrogen and oxygen atoms in total. The number of halogens is 1. The molecule has 0 atom stereocenters. The molecule has 0 unspecified atom stereocenters. The Morgan fingerprint density at radius 1 is 1.00 bits per heavy atom. The molecule has 2 aromatic rings. The third-order valence-corrected chi connectivity index (χ3v) is 5.14. The molecule has 0 amide bonds. The maximum Gasteiger partial charge on any atom is 0.240 e. The number of methoxy groups -OCH3 is 2. The molecule has 1 N–H and O–H groups in total. The monoisotopic (exact) mass is 433 g/mol. The lowest BCUT2D eigenvalue weighted by molar-refractivity contribution is 0.393. The number of hydrogen-bond donors (Lipinski definition) is 1. The molecule has 0 fully saturated rings. The van der Waals surface area contributed by atoms with Crippen LogP contribution in [-0.4, -0.2) is 22.6 Å². The number of rotatable bonds is 6. The Bertz CT molecular complexity index is 722. The highest BCUT2D eigenvalue weighted by Gasteiger charge is 2.14. The van der Waals surface area contributed by atoms with Crippen molar-refractivity contribution < 1.29 is 17.9 Å². The van der Waals surface area contributed by atoms with Crippen molar-refractivity contribution >= 4 is 32.6 Å². The molecule has 2 aromatic carbocycles. The van der Waals surface area contributed by atoms with Gasteiger partial charge in [-0.05, 0) is 64.6 Å². The van der Waals surface area contributed by atoms with E-state index in [2.05, 4.69) is 27.3 Å². The second kappa shape index (κ2) is 7.30. The van der Waals surface area contributed by atoms with Crippen molar-refractivity contribution in [2.75, 3.05) is 14.2 Å². The fourth-order valence-electron chi connectivity index (χ4n) is 1.84. The minimum atomic E-state index is -3.55. The highest BCUT2D eigenvalue weighted by molar-refractivity contribution is 14.1. The van der Waals surface area contributed by atoms with Gasteiger partial charge in [0.2, 0.25) is 10.0 Å². The highest BCUT2D eigenvalue weighted by atomic mass is 127. The molecular formula is C15H16INO4S. The topological polar surface area (TPSA) is 64.6 Å². The van der Waals surface area contributed by atoms with Gasteiger partial charge in [-0.1, -0.05) is 0 Å². The Balaban J connectivity index is 2.16. The van der Waals surface area contributed by atoms with Crippen molar-refractivity contribution in [1.29, 1.82) is 0 Å². The number of hydrogen-bond acceptors (Lipinski definition) is 4. The number of sulfonamides is 1. The maximum absolute atomic E-state index is 12.2. The van der Waals surface area contributed by atoms with E-state index in [1.165, 1.54) is 0 Å². The second-order valence-electron chi connectivity index (χ2n) is 4.50. The normalized spacial score (nSPS) is 11.2. The van der Waals surface area contributed by atoms with Crippen LogP contribution in [-0.2, 0) is 16.6 Å². The molecule has 0 spiro atoms. The zero-order valence-electron chi connectivity index (χ0n) is 12.2. The first-order valence-corrected chi connectivity index (χ1v) is 8.98. The third kappa shape index (κ3) is 4.34. The summed E-state index contributed by atoms with van der Waals surface area (Å²) in [5.74, 6) is 1.23. The molecule has 0 bridgehead atoms. The summed E-state index contributed by atoms with van der Waals surface area (Å²) in [5, 5.41) is 0. The summed E-state index contributed by atoms with van der Waals surface area (Å²) < 4.78 is 38.4. The minimum absolute atomic E-state index is 0.155. The Morgan fingerprint density at radius 2 is 1.55 bits per heavy atom. The van der Waals surface area contributed by atoms with E-state index in [0.717, 1.165) is 9.13 Å². The maximum atomic E-state index is 12.2. The van der Waals surface area contributed by atoms with E-state index in [1.807, 2.05) is 0 Å². The summed E-state index contributed by atoms with van der Waals surface area (Å²) in [6, 6.07) is 11.9. The molecule has 0 aromatic heterocycles. The van der Waals surface area contributed by atoms with Gasteiger partial charge in [0.05, 0.1) is 19.1 Å². The molecule has 0 saturated carbocycles. The van der Waals surface area contributed by atoms with Crippen molar-refractivity contribution in [1.82, 2.24) is 4.72 Å². The van der Waals surface area contributed by atoms with Crippen LogP contribution in [0.4, 0.5) is 0 Å². The van der Waals surface area contributed by atoms with Crippen molar-refractivity contribution in [2.45, 2.75) is 11.4 Å². The van der Waals surface area contributed by atoms with Gasteiger partial charge in [0, 0.05) is 16.2 Å². The van der Waals surface area contributed by atoms with E-state index >= 15 is 0 Å². The van der Waals surface area contributed by atoms with Crippen molar-refractivity contribution in [3.63, 3.8) is 0 Å². The molecule has 0 aliphatic carbocycles. The van der Waals surface area contributed by atoms with Gasteiger partial charge >= 0.3 is 0 Å². The van der Waals surface area contributed by atoms with Crippen LogP contribution in [0.5, 0.6) is 11.5 Å². The third-order valence-electron chi connectivity index (χ3n) is 3.00. The van der Waals surface area contributed by atoms with Crippen molar-refractivity contribution in [2.24, 2.45) is 0 Å². The van der Waals surface area contributed by atoms with Gasteiger partial charge in [0.25, 0.3) is 0 Å². The van der Waals surface area contributed by atoms with Gasteiger partial charge < -0.3 is 9.47 Å². The Hall–Kier alpha value is -1.32. The van der Waals surface area contributed by atoms with E-state index in [0.29, 0.717) is 11.5 Å². The van der Waals surface area contributed by atoms with E-state index in [4.69, 9.17) is 9.47 Å². The smallest absolute Gasteiger partial charge is 0.240 e. The predicted octanol–water partition coefficient (Wildman–Crippen LogP) is 2.79. The molecular weight excluding hydrogens is 417 g/mol. The zero-order chi connectivity index (χ0) is 16.2. The van der Waals surface area contributed by atoms with Crippen LogP contribution in [0, 0.1) is 3.57 Å². The largest absolute Gasteiger partial charge is 0.497 e. The van der Waals surface area contributed by atoms with Gasteiger partial charge in [-0.15, -0.1) is 0 Å². The molecule has 22 heavy (non-hydrogen) atoms. The van der Waals surface area contributed by atoms with E-state index in [9.17, 15) is 8.42 Å². The second-order valence-corrected chi connectivity index (χ2v) is 7.51. The van der Waals surface area contributed by atoms with Crippen LogP contribution in [0.25, 0.3) is 0 Å². The van der Waals surface area contributed by atoms with Crippen LogP contribution in [0.3, 0.4) is 0 Å². The lowest BCUT2D eigenvalue weighted by Crippen LogP contribution is -2.23. The van der Waals surface area contributed by atoms with Crippen LogP contribution >= 0.6 is 22.6 Å². The number of ether oxygens (including phenoxy) is 2. The van der Waals surface area contributed by atoms with Gasteiger partial charge in [0.15, 0.2) is 0 Å². The summed E-state index contributed by atoms with van der Waals surface area (Å²) in [6.45, 7) is 0.155. The van der Waals surface area contributed by atoms with Crippen molar-refractivity contribution in [3.05, 3.63) is 51.6 Å². The SMILES string of the molecule is COc1cc(CNS(=O)(=O)c2ccc(I)cc2)cc(OC)c1. The lowest BCUT2D eigenvalue weighted by atomic mass is 10.2. The predicted molar refractivity (Wildman–Crippen MR) is 92.7 cm³/mol. The Morgan fingerprint density at radius 3 is 2.05 bits per heavy atom. The summed E-state index contributed by atoms with van der Waals surface area (Å²) in [5.41, 5.74) is 0.755. The summed E-state index contributed by atoms with van der Waals surface area (Å²) in [7, 11) is -0.450. The first-order valence-electron chi connectivity index (χ1n) is 6.42. The Kier molecular flexibility index (Phi) is 5.65. The van der Waals surface area contributed by atoms with Gasteiger partial charge in [-0.25, -0.2) is 13.1 Å². The van der Waals surface area contributed by atoms with Crippen LogP contribution in [0.2, 0.25) is 0 Å². The van der Waals surface area contributed by atoms with Crippen molar-refractivity contribution in [3.8, 4) is 11.5 Å². The molecule has 7 heteroatoms. The van der Waals surface area contributed by atoms with E-state index in [1.54, 1.807) is 56.7 Å². The molecule has 0 saturated heterocycles. The Labute approximate surface area is 143 Å². The van der Waals surface area contributed by atoms with Crippen LogP contribution in [0.15, 0.2) is 47.4 Å². The number of benzene rings is 2. The quantitative estimate of drug-likeness (QED) is 0.712. The van der Waals surface area contributed by atoms with Crippen LogP contribution < -0.4 is 14.2 Å². The fourth-order valence-corrected chi connectivity index (χ4v) is 3.22. The standard InChI is InChI=1S/C15H16INO4S/c1-20-13-7-11(8-14(9-13)21-2)10-17-22(18,19)15-5-3-12(16)4-6-15/h3-9,17H,10H2,1-2H3. The van der Waals surface area contributed by atoms with Gasteiger partial charge in [-0.2, -0.15) is 0 Å². The molecule has 2 rings (SSSR count). The summed E-state index contributed by atoms with van der Waals surface area (Å²) in [6.07, 6.45) is 0. The van der Waals surface area contributed by atoms with Gasteiger partial charge in [0.1, 0.15) is 11.5 Å². The fraction of sp³-hybridized carbons (Fsp3) is 0.200. The van der Waals surface area contributed by atoms with Gasteiger partial charge in [-0.3, -0.25) is 0 Å². The lowest BCUT2D eigenvalue weighted by Gasteiger charge is -2.10. The first kappa shape index (κ1) is 17.0. The minimum Gasteiger partial charge on any atom is -0.497 e. The van der Waals surface area contributed by atoms with E-state index < -0.39 is 10.0 Å². The highest BCUT2D eigenvalue weighted by Crippen LogP contribution is 2.22. The molecule has 0 aliphatic rings.